The Morgan fingerprint density at radius 2 is 1.19 bits per heavy atom. The largest absolute Gasteiger partial charge is 0.309 e. The second-order valence-electron chi connectivity index (χ2n) is 12.3. The highest BCUT2D eigenvalue weighted by Gasteiger charge is 2.20. The molecule has 0 radical (unpaired) electrons. The first kappa shape index (κ1) is 26.5. The second kappa shape index (κ2) is 10.2. The molecule has 10 rings (SSSR count). The van der Waals surface area contributed by atoms with Gasteiger partial charge in [-0.1, -0.05) is 109 Å². The van der Waals surface area contributed by atoms with E-state index in [0.29, 0.717) is 5.56 Å². The topological polar surface area (TPSA) is 46.5 Å². The van der Waals surface area contributed by atoms with Crippen molar-refractivity contribution < 1.29 is 0 Å². The Balaban J connectivity index is 1.32. The third-order valence-corrected chi connectivity index (χ3v) is 9.73. The van der Waals surface area contributed by atoms with Crippen LogP contribution in [0.5, 0.6) is 0 Å². The molecule has 4 nitrogen and oxygen atoms in total. The minimum atomic E-state index is 0.614. The van der Waals surface area contributed by atoms with Gasteiger partial charge in [-0.2, -0.15) is 5.26 Å². The fourth-order valence-electron chi connectivity index (χ4n) is 7.68. The van der Waals surface area contributed by atoms with Crippen molar-refractivity contribution >= 4 is 65.3 Å². The molecule has 48 heavy (non-hydrogen) atoms. The van der Waals surface area contributed by atoms with Crippen LogP contribution in [0.1, 0.15) is 5.56 Å². The number of fused-ring (bicyclic) bond motifs is 9. The predicted molar refractivity (Wildman–Crippen MR) is 198 cm³/mol. The second-order valence-corrected chi connectivity index (χ2v) is 12.3. The molecular formula is C44H26N4. The molecule has 0 aliphatic carbocycles. The van der Waals surface area contributed by atoms with E-state index in [4.69, 9.17) is 4.98 Å². The molecule has 10 aromatic rings. The Bertz CT molecular complexity index is 2960. The summed E-state index contributed by atoms with van der Waals surface area (Å²) in [6.07, 6.45) is 0. The van der Waals surface area contributed by atoms with Crippen LogP contribution >= 0.6 is 0 Å². The van der Waals surface area contributed by atoms with E-state index in [2.05, 4.69) is 143 Å². The third-order valence-electron chi connectivity index (χ3n) is 9.73. The quantitative estimate of drug-likeness (QED) is 0.200. The van der Waals surface area contributed by atoms with Crippen LogP contribution < -0.4 is 0 Å². The summed E-state index contributed by atoms with van der Waals surface area (Å²) in [5, 5.41) is 18.2. The maximum Gasteiger partial charge on any atom is 0.139 e. The maximum absolute atomic E-state index is 10.1. The molecule has 0 aliphatic heterocycles. The van der Waals surface area contributed by atoms with Crippen molar-refractivity contribution in [3.8, 4) is 28.7 Å². The first-order valence-electron chi connectivity index (χ1n) is 16.1. The van der Waals surface area contributed by atoms with Gasteiger partial charge in [0.1, 0.15) is 5.82 Å². The van der Waals surface area contributed by atoms with Crippen LogP contribution in [0, 0.1) is 11.3 Å². The van der Waals surface area contributed by atoms with Crippen LogP contribution in [0.3, 0.4) is 0 Å². The van der Waals surface area contributed by atoms with Crippen molar-refractivity contribution in [2.24, 2.45) is 0 Å². The summed E-state index contributed by atoms with van der Waals surface area (Å²) >= 11 is 0. The number of hydrogen-bond donors (Lipinski definition) is 0. The van der Waals surface area contributed by atoms with Gasteiger partial charge in [0.15, 0.2) is 0 Å². The molecule has 0 saturated heterocycles. The summed E-state index contributed by atoms with van der Waals surface area (Å²) in [5.74, 6) is 0.735. The molecule has 0 N–H and O–H groups in total. The molecule has 3 heterocycles. The summed E-state index contributed by atoms with van der Waals surface area (Å²) in [6.45, 7) is 0. The minimum absolute atomic E-state index is 0.614. The van der Waals surface area contributed by atoms with Gasteiger partial charge in [-0.05, 0) is 70.4 Å². The Hall–Kier alpha value is -6.70. The number of nitriles is 1. The summed E-state index contributed by atoms with van der Waals surface area (Å²) < 4.78 is 4.60. The summed E-state index contributed by atoms with van der Waals surface area (Å²) in [4.78, 5) is 5.10. The molecule has 0 amide bonds. The molecule has 0 aliphatic rings. The van der Waals surface area contributed by atoms with Crippen LogP contribution in [-0.4, -0.2) is 14.1 Å². The lowest BCUT2D eigenvalue weighted by Gasteiger charge is -2.11. The van der Waals surface area contributed by atoms with E-state index < -0.39 is 0 Å². The van der Waals surface area contributed by atoms with E-state index in [-0.39, 0.29) is 0 Å². The first-order valence-corrected chi connectivity index (χ1v) is 16.1. The minimum Gasteiger partial charge on any atom is -0.309 e. The highest BCUT2D eigenvalue weighted by molar-refractivity contribution is 6.25. The van der Waals surface area contributed by atoms with Gasteiger partial charge in [-0.15, -0.1) is 0 Å². The predicted octanol–water partition coefficient (Wildman–Crippen LogP) is 11.1. The molecule has 0 fully saturated rings. The molecule has 0 saturated carbocycles. The lowest BCUT2D eigenvalue weighted by atomic mass is 9.96. The molecule has 0 atom stereocenters. The number of benzene rings is 7. The molecule has 0 spiro atoms. The van der Waals surface area contributed by atoms with E-state index in [0.717, 1.165) is 49.8 Å². The Morgan fingerprint density at radius 3 is 2.06 bits per heavy atom. The zero-order valence-electron chi connectivity index (χ0n) is 25.8. The lowest BCUT2D eigenvalue weighted by molar-refractivity contribution is 1.10. The zero-order valence-corrected chi connectivity index (χ0v) is 25.8. The van der Waals surface area contributed by atoms with Gasteiger partial charge in [-0.3, -0.25) is 4.57 Å². The van der Waals surface area contributed by atoms with E-state index in [1.165, 1.54) is 38.1 Å². The van der Waals surface area contributed by atoms with E-state index in [9.17, 15) is 5.26 Å². The number of nitrogens with zero attached hydrogens (tertiary/aromatic N) is 4. The lowest BCUT2D eigenvalue weighted by Crippen LogP contribution is -1.99. The molecule has 222 valence electrons. The molecule has 0 unspecified atom stereocenters. The zero-order chi connectivity index (χ0) is 31.8. The average Bonchev–Trinajstić information content (AvgIpc) is 3.67. The van der Waals surface area contributed by atoms with Crippen molar-refractivity contribution in [1.82, 2.24) is 14.1 Å². The third kappa shape index (κ3) is 3.73. The highest BCUT2D eigenvalue weighted by Crippen LogP contribution is 2.43. The fraction of sp³-hybridized carbons (Fsp3) is 0. The highest BCUT2D eigenvalue weighted by atomic mass is 15.1. The van der Waals surface area contributed by atoms with Gasteiger partial charge in [0.2, 0.25) is 0 Å². The normalized spacial score (nSPS) is 11.7. The molecular weight excluding hydrogens is 585 g/mol. The van der Waals surface area contributed by atoms with Crippen molar-refractivity contribution in [3.63, 3.8) is 0 Å². The smallest absolute Gasteiger partial charge is 0.139 e. The van der Waals surface area contributed by atoms with Gasteiger partial charge in [0, 0.05) is 32.6 Å². The molecule has 4 heteroatoms. The summed E-state index contributed by atoms with van der Waals surface area (Å²) in [6, 6.07) is 57.9. The SMILES string of the molecule is N#Cc1cc(-n2c3ccccc3c3ccc(-c4cccc5c4c4c6ccccc6ccc4n5-c4ccccc4)cc32)nc2ccccc12. The molecule has 3 aromatic heterocycles. The fourth-order valence-corrected chi connectivity index (χ4v) is 7.68. The Morgan fingerprint density at radius 1 is 0.479 bits per heavy atom. The molecule has 0 bridgehead atoms. The monoisotopic (exact) mass is 610 g/mol. The van der Waals surface area contributed by atoms with Crippen molar-refractivity contribution in [3.05, 3.63) is 163 Å². The van der Waals surface area contributed by atoms with E-state index in [1.54, 1.807) is 0 Å². The number of para-hydroxylation sites is 3. The van der Waals surface area contributed by atoms with Gasteiger partial charge < -0.3 is 4.57 Å². The number of hydrogen-bond acceptors (Lipinski definition) is 2. The van der Waals surface area contributed by atoms with Crippen molar-refractivity contribution in [1.29, 1.82) is 5.26 Å². The van der Waals surface area contributed by atoms with Gasteiger partial charge in [0.05, 0.1) is 39.2 Å². The first-order chi connectivity index (χ1) is 23.8. The maximum atomic E-state index is 10.1. The van der Waals surface area contributed by atoms with Crippen molar-refractivity contribution in [2.45, 2.75) is 0 Å². The van der Waals surface area contributed by atoms with Gasteiger partial charge in [0.25, 0.3) is 0 Å². The summed E-state index contributed by atoms with van der Waals surface area (Å²) in [5.41, 5.74) is 9.31. The standard InChI is InChI=1S/C44H26N4/c45-27-30-26-42(46-37-18-8-6-14-32(30)37)48-38-19-9-7-16-35(38)36-23-21-29(25-41(36)48)34-17-10-20-39-44(34)43-33-15-5-4-11-28(33)22-24-40(43)47(39)31-12-2-1-3-13-31/h1-26H. The van der Waals surface area contributed by atoms with Crippen LogP contribution in [0.25, 0.3) is 87.9 Å². The number of pyridine rings is 1. The van der Waals surface area contributed by atoms with Crippen LogP contribution in [0.15, 0.2) is 158 Å². The van der Waals surface area contributed by atoms with E-state index >= 15 is 0 Å². The molecule has 7 aromatic carbocycles. The van der Waals surface area contributed by atoms with Crippen molar-refractivity contribution in [2.75, 3.05) is 0 Å². The van der Waals surface area contributed by atoms with Crippen LogP contribution in [0.2, 0.25) is 0 Å². The Kier molecular flexibility index (Phi) is 5.61. The van der Waals surface area contributed by atoms with Gasteiger partial charge >= 0.3 is 0 Å². The Labute approximate surface area is 276 Å². The summed E-state index contributed by atoms with van der Waals surface area (Å²) in [7, 11) is 0. The number of rotatable bonds is 3. The van der Waals surface area contributed by atoms with E-state index in [1.807, 2.05) is 30.3 Å². The number of aromatic nitrogens is 3. The van der Waals surface area contributed by atoms with Gasteiger partial charge in [-0.25, -0.2) is 4.98 Å². The van der Waals surface area contributed by atoms with Crippen LogP contribution in [-0.2, 0) is 0 Å². The van der Waals surface area contributed by atoms with Crippen LogP contribution in [0.4, 0.5) is 0 Å². The average molecular weight is 611 g/mol.